The molecular weight excluding hydrogens is 1870 g/mol. The molecule has 696 valence electrons. The molecule has 3 heterocycles. The summed E-state index contributed by atoms with van der Waals surface area (Å²) in [4.78, 5) is 11.0. The van der Waals surface area contributed by atoms with Gasteiger partial charge in [-0.1, -0.05) is 364 Å². The normalized spacial score (nSPS) is 11.1. The Labute approximate surface area is 871 Å². The first-order valence-corrected chi connectivity index (χ1v) is 55.0. The number of benzene rings is 21. The average molecular weight is 1960 g/mol. The van der Waals surface area contributed by atoms with E-state index >= 15 is 0 Å². The summed E-state index contributed by atoms with van der Waals surface area (Å²) < 4.78 is 6.60. The van der Waals surface area contributed by atoms with Crippen molar-refractivity contribution in [2.75, 3.05) is 0 Å². The molecule has 24 rings (SSSR count). The van der Waals surface area contributed by atoms with Crippen LogP contribution in [0.25, 0.3) is 130 Å². The Morgan fingerprint density at radius 1 is 0.180 bits per heavy atom. The lowest BCUT2D eigenvalue weighted by atomic mass is 10.1. The minimum Gasteiger partial charge on any atom is -0.309 e. The van der Waals surface area contributed by atoms with E-state index in [9.17, 15) is 31.6 Å². The summed E-state index contributed by atoms with van der Waals surface area (Å²) in [7, 11) is -8.85. The van der Waals surface area contributed by atoms with E-state index in [1.165, 1.54) is 46.7 Å². The summed E-state index contributed by atoms with van der Waals surface area (Å²) in [5.41, 5.74) is 20.9. The molecule has 0 aliphatic heterocycles. The smallest absolute Gasteiger partial charge is 0.188 e. The zero-order valence-electron chi connectivity index (χ0n) is 80.9. The molecule has 0 fully saturated rings. The van der Waals surface area contributed by atoms with Crippen LogP contribution in [0.3, 0.4) is 0 Å². The van der Waals surface area contributed by atoms with Crippen molar-refractivity contribution in [2.45, 2.75) is 0 Å². The van der Waals surface area contributed by atoms with Gasteiger partial charge in [-0.3, -0.25) is 0 Å². The molecule has 12 nitrogen and oxygen atoms in total. The second-order valence-corrected chi connectivity index (χ2v) is 48.0. The molecular formula is C135H84N12Si3. The first-order valence-electron chi connectivity index (χ1n) is 49.0. The summed E-state index contributed by atoms with van der Waals surface area (Å²) in [6.07, 6.45) is 0. The average Bonchev–Trinajstić information content (AvgIpc) is 0.926. The van der Waals surface area contributed by atoms with Crippen LogP contribution < -0.4 is 62.2 Å². The van der Waals surface area contributed by atoms with Gasteiger partial charge in [0.05, 0.1) is 123 Å². The van der Waals surface area contributed by atoms with Gasteiger partial charge in [0.2, 0.25) is 0 Å². The van der Waals surface area contributed by atoms with Gasteiger partial charge in [0.1, 0.15) is 0 Å². The van der Waals surface area contributed by atoms with Crippen LogP contribution in [-0.4, -0.2) is 37.9 Å². The number of rotatable bonds is 18. The first kappa shape index (κ1) is 94.0. The lowest BCUT2D eigenvalue weighted by Gasteiger charge is -2.36. The van der Waals surface area contributed by atoms with Crippen LogP contribution in [0.2, 0.25) is 0 Å². The van der Waals surface area contributed by atoms with Crippen LogP contribution in [0, 0.1) is 87.7 Å². The lowest BCUT2D eigenvalue weighted by Crippen LogP contribution is -2.75. The molecule has 0 aliphatic carbocycles. The Bertz CT molecular complexity index is 9480. The maximum Gasteiger partial charge on any atom is 0.188 e. The van der Waals surface area contributed by atoms with Crippen LogP contribution >= 0.6 is 0 Å². The number of hydrogen-bond acceptors (Lipinski definition) is 6. The van der Waals surface area contributed by atoms with Crippen LogP contribution in [0.4, 0.5) is 17.1 Å². The molecule has 0 atom stereocenters. The van der Waals surface area contributed by atoms with Gasteiger partial charge in [-0.05, 0) is 257 Å². The van der Waals surface area contributed by atoms with Crippen molar-refractivity contribution >= 4 is 169 Å². The number of fused-ring (bicyclic) bond motifs is 9. The van der Waals surface area contributed by atoms with Crippen molar-refractivity contribution in [1.29, 1.82) is 31.6 Å². The summed E-state index contributed by atoms with van der Waals surface area (Å²) in [6.45, 7) is 22.7. The molecule has 0 saturated carbocycles. The molecule has 0 amide bonds. The van der Waals surface area contributed by atoms with Gasteiger partial charge in [-0.25, -0.2) is 14.5 Å². The molecule has 0 bridgehead atoms. The third-order valence-corrected chi connectivity index (χ3v) is 43.4. The van der Waals surface area contributed by atoms with Crippen molar-refractivity contribution in [3.63, 3.8) is 0 Å². The van der Waals surface area contributed by atoms with Gasteiger partial charge >= 0.3 is 0 Å². The minimum atomic E-state index is -3.03. The van der Waals surface area contributed by atoms with Crippen LogP contribution in [-0.2, 0) is 0 Å². The Balaban J connectivity index is 0.000000127. The second-order valence-electron chi connectivity index (χ2n) is 36.7. The van der Waals surface area contributed by atoms with E-state index in [1.807, 2.05) is 200 Å². The molecule has 3 aromatic heterocycles. The van der Waals surface area contributed by atoms with E-state index in [2.05, 4.69) is 374 Å². The Morgan fingerprint density at radius 3 is 0.800 bits per heavy atom. The highest BCUT2D eigenvalue weighted by Crippen LogP contribution is 2.41. The molecule has 0 spiro atoms. The fourth-order valence-corrected chi connectivity index (χ4v) is 37.2. The second kappa shape index (κ2) is 40.8. The van der Waals surface area contributed by atoms with Gasteiger partial charge < -0.3 is 13.7 Å². The maximum absolute atomic E-state index is 10.5. The van der Waals surface area contributed by atoms with Gasteiger partial charge in [0, 0.05) is 33.2 Å². The number of aromatic nitrogens is 3. The van der Waals surface area contributed by atoms with E-state index in [-0.39, 0.29) is 0 Å². The molecule has 15 heteroatoms. The molecule has 0 unspecified atom stereocenters. The van der Waals surface area contributed by atoms with E-state index in [0.29, 0.717) is 50.4 Å². The SMILES string of the molecule is [C-]#[N+]c1ccc2c(c1)c1cc(C#N)ccc1n2-c1ccc(-c2cccc([Si](c3ccccc3)(c3ccccc3)c3ccccc3C#N)c2)cc1.[C-]#[N+]c1ccc2c(c1)c1cc(C#N)ccc1n2-c1ccc(-c2ccccc2[Si](c2ccccc2)(c2ccccc2)c2ccccc2C#N)cc1.[C-]#[N+]c1ccc2c(c1)c1cc(C#N)ccc1n2-c1cccc(-c2ccc([Si](c3ccccc3)(c3ccccc3)c3ccccc3C#N)cc2)c1. The lowest BCUT2D eigenvalue weighted by molar-refractivity contribution is 1.18. The van der Waals surface area contributed by atoms with Gasteiger partial charge in [-0.15, -0.1) is 0 Å². The zero-order chi connectivity index (χ0) is 102. The largest absolute Gasteiger partial charge is 0.309 e. The third kappa shape index (κ3) is 16.6. The van der Waals surface area contributed by atoms with Crippen LogP contribution in [0.1, 0.15) is 33.4 Å². The quantitative estimate of drug-likeness (QED) is 0.0470. The van der Waals surface area contributed by atoms with Gasteiger partial charge in [-0.2, -0.15) is 31.6 Å². The fraction of sp³-hybridized carbons (Fsp3) is 0. The predicted octanol–water partition coefficient (Wildman–Crippen LogP) is 24.4. The highest BCUT2D eigenvalue weighted by Gasteiger charge is 2.47. The van der Waals surface area contributed by atoms with Crippen molar-refractivity contribution < 1.29 is 0 Å². The Kier molecular flexibility index (Phi) is 25.6. The number of nitrogens with zero attached hydrogens (tertiary/aromatic N) is 12. The van der Waals surface area contributed by atoms with E-state index in [0.717, 1.165) is 131 Å². The maximum atomic E-state index is 10.5. The molecule has 0 radical (unpaired) electrons. The molecule has 0 N–H and O–H groups in total. The van der Waals surface area contributed by atoms with Crippen molar-refractivity contribution in [3.05, 3.63) is 577 Å². The van der Waals surface area contributed by atoms with E-state index in [4.69, 9.17) is 19.7 Å². The summed E-state index contributed by atoms with van der Waals surface area (Å²) in [5.74, 6) is 0. The Hall–Kier alpha value is -20.9. The molecule has 0 aliphatic rings. The van der Waals surface area contributed by atoms with Crippen LogP contribution in [0.15, 0.2) is 510 Å². The van der Waals surface area contributed by atoms with Crippen LogP contribution in [0.5, 0.6) is 0 Å². The zero-order valence-corrected chi connectivity index (χ0v) is 83.9. The fourth-order valence-electron chi connectivity index (χ4n) is 22.3. The van der Waals surface area contributed by atoms with E-state index < -0.39 is 24.2 Å². The molecule has 21 aromatic carbocycles. The predicted molar refractivity (Wildman–Crippen MR) is 617 cm³/mol. The monoisotopic (exact) mass is 1960 g/mol. The summed E-state index contributed by atoms with van der Waals surface area (Å²) >= 11 is 0. The first-order chi connectivity index (χ1) is 74.0. The standard InChI is InChI=1S/3C45H28N4Si/c1-48-35-23-27-43-41(29-35)40-28-32(30-46)20-26-42(40)49(43)36-24-21-33(22-25-36)39-17-9-11-19-45(39)50(37-13-4-2-5-14-37,38-15-6-3-7-16-38)44-18-10-8-12-34(44)31-47;1-48-36-22-26-44-42(29-36)41-27-32(30-46)19-25-43(41)49(44)37-13-10-12-34(28-37)33-20-23-40(24-21-33)50(38-14-4-2-5-15-38,39-16-6-3-7-17-39)45-18-9-8-11-35(45)31-47;1-48-36-22-26-44-42(29-36)41-27-32(30-46)19-25-43(41)49(44)37-23-20-33(21-24-37)34-12-10-17-40(28-34)50(38-13-4-2-5-14-38,39-15-6-3-7-16-39)45-18-9-8-11-35(45)31-47/h3*2-29H. The van der Waals surface area contributed by atoms with Crippen molar-refractivity contribution in [3.8, 4) is 86.9 Å². The number of hydrogen-bond donors (Lipinski definition) is 0. The van der Waals surface area contributed by atoms with Crippen molar-refractivity contribution in [1.82, 2.24) is 13.7 Å². The molecule has 24 aromatic rings. The molecule has 0 saturated heterocycles. The topological polar surface area (TPSA) is 171 Å². The van der Waals surface area contributed by atoms with E-state index in [1.54, 1.807) is 0 Å². The summed E-state index contributed by atoms with van der Waals surface area (Å²) in [5, 5.41) is 79.8. The highest BCUT2D eigenvalue weighted by molar-refractivity contribution is 7.21. The summed E-state index contributed by atoms with van der Waals surface area (Å²) in [6, 6.07) is 189. The Morgan fingerprint density at radius 2 is 0.447 bits per heavy atom. The van der Waals surface area contributed by atoms with Crippen molar-refractivity contribution in [2.24, 2.45) is 0 Å². The third-order valence-electron chi connectivity index (χ3n) is 28.9. The minimum absolute atomic E-state index is 0.563. The van der Waals surface area contributed by atoms with Gasteiger partial charge in [0.15, 0.2) is 41.3 Å². The highest BCUT2D eigenvalue weighted by atomic mass is 28.3. The van der Waals surface area contributed by atoms with Gasteiger partial charge in [0.25, 0.3) is 0 Å². The number of nitriles is 6. The molecule has 150 heavy (non-hydrogen) atoms.